The molecule has 8 nitrogen and oxygen atoms in total. The van der Waals surface area contributed by atoms with E-state index >= 15 is 0 Å². The maximum atomic E-state index is 11.8. The number of H-pyrrole nitrogens is 1. The van der Waals surface area contributed by atoms with E-state index in [0.717, 1.165) is 33.9 Å². The average Bonchev–Trinajstić information content (AvgIpc) is 3.39. The van der Waals surface area contributed by atoms with Gasteiger partial charge in [-0.25, -0.2) is 4.98 Å². The Morgan fingerprint density at radius 1 is 1.06 bits per heavy atom. The largest absolute Gasteiger partial charge is 0.508 e. The molecule has 3 N–H and O–H groups in total. The number of nitrogens with zero attached hydrogens (tertiary/aromatic N) is 1. The summed E-state index contributed by atoms with van der Waals surface area (Å²) in [5.41, 5.74) is 3.40. The summed E-state index contributed by atoms with van der Waals surface area (Å²) in [6.45, 7) is 3.78. The van der Waals surface area contributed by atoms with Crippen LogP contribution < -0.4 is 14.8 Å². The van der Waals surface area contributed by atoms with E-state index in [1.807, 2.05) is 56.3 Å². The maximum absolute atomic E-state index is 11.8. The highest BCUT2D eigenvalue weighted by Gasteiger charge is 2.31. The number of amides is 2. The monoisotopic (exact) mass is 489 g/mol. The van der Waals surface area contributed by atoms with Gasteiger partial charge in [-0.1, -0.05) is 23.9 Å². The van der Waals surface area contributed by atoms with Gasteiger partial charge < -0.3 is 19.6 Å². The molecule has 0 spiro atoms. The van der Waals surface area contributed by atoms with Gasteiger partial charge in [0.1, 0.15) is 28.8 Å². The van der Waals surface area contributed by atoms with Crippen LogP contribution in [-0.2, 0) is 11.2 Å². The zero-order valence-electron chi connectivity index (χ0n) is 19.1. The summed E-state index contributed by atoms with van der Waals surface area (Å²) in [5, 5.41) is 11.2. The molecule has 9 heteroatoms. The molecule has 3 aromatic carbocycles. The number of thioether (sulfide) groups is 1. The molecule has 0 bridgehead atoms. The second-order valence-corrected chi connectivity index (χ2v) is 9.52. The predicted molar refractivity (Wildman–Crippen MR) is 133 cm³/mol. The van der Waals surface area contributed by atoms with Gasteiger partial charge in [0.15, 0.2) is 6.10 Å². The van der Waals surface area contributed by atoms with Crippen molar-refractivity contribution in [3.63, 3.8) is 0 Å². The molecular weight excluding hydrogens is 466 g/mol. The number of imidazole rings is 1. The number of hydrogen-bond acceptors (Lipinski definition) is 7. The molecule has 1 aliphatic rings. The van der Waals surface area contributed by atoms with Gasteiger partial charge in [0, 0.05) is 6.07 Å². The van der Waals surface area contributed by atoms with E-state index in [0.29, 0.717) is 29.5 Å². The van der Waals surface area contributed by atoms with Crippen LogP contribution in [0.25, 0.3) is 11.0 Å². The van der Waals surface area contributed by atoms with Crippen molar-refractivity contribution in [1.82, 2.24) is 15.3 Å². The van der Waals surface area contributed by atoms with Gasteiger partial charge in [-0.2, -0.15) is 0 Å². The number of phenolic OH excluding ortho intramolecular Hbond substituents is 1. The van der Waals surface area contributed by atoms with Crippen molar-refractivity contribution in [1.29, 1.82) is 0 Å². The topological polar surface area (TPSA) is 114 Å². The fourth-order valence-electron chi connectivity index (χ4n) is 3.85. The first-order valence-electron chi connectivity index (χ1n) is 11.1. The van der Waals surface area contributed by atoms with E-state index in [2.05, 4.69) is 15.3 Å². The maximum Gasteiger partial charge on any atom is 0.286 e. The fourth-order valence-corrected chi connectivity index (χ4v) is 4.70. The summed E-state index contributed by atoms with van der Waals surface area (Å²) in [6, 6.07) is 18.1. The molecule has 2 unspecified atom stereocenters. The summed E-state index contributed by atoms with van der Waals surface area (Å²) < 4.78 is 12.0. The Morgan fingerprint density at radius 2 is 1.83 bits per heavy atom. The van der Waals surface area contributed by atoms with E-state index in [9.17, 15) is 14.7 Å². The molecule has 0 aliphatic carbocycles. The quantitative estimate of drug-likeness (QED) is 0.318. The van der Waals surface area contributed by atoms with Crippen LogP contribution in [0, 0.1) is 6.92 Å². The summed E-state index contributed by atoms with van der Waals surface area (Å²) in [5.74, 6) is 2.63. The van der Waals surface area contributed by atoms with Crippen LogP contribution in [0.15, 0.2) is 60.7 Å². The van der Waals surface area contributed by atoms with Crippen molar-refractivity contribution >= 4 is 33.9 Å². The van der Waals surface area contributed by atoms with Crippen molar-refractivity contribution in [2.24, 2.45) is 0 Å². The van der Waals surface area contributed by atoms with E-state index < -0.39 is 5.25 Å². The molecular formula is C26H23N3O5S. The number of aromatic amines is 1. The lowest BCUT2D eigenvalue weighted by atomic mass is 10.1. The third kappa shape index (κ3) is 5.09. The van der Waals surface area contributed by atoms with Crippen LogP contribution in [-0.4, -0.2) is 31.5 Å². The Bertz CT molecular complexity index is 1420. The first kappa shape index (κ1) is 22.8. The number of aromatic hydroxyl groups is 1. The minimum absolute atomic E-state index is 0.198. The molecule has 2 amide bonds. The molecule has 4 aromatic rings. The number of hydrogen-bond donors (Lipinski definition) is 3. The number of phenols is 1. The van der Waals surface area contributed by atoms with Crippen LogP contribution in [0.3, 0.4) is 0 Å². The third-order valence-corrected chi connectivity index (χ3v) is 6.65. The van der Waals surface area contributed by atoms with Crippen LogP contribution in [0.5, 0.6) is 23.0 Å². The lowest BCUT2D eigenvalue weighted by Crippen LogP contribution is -2.25. The second kappa shape index (κ2) is 9.34. The highest BCUT2D eigenvalue weighted by Crippen LogP contribution is 2.30. The molecule has 178 valence electrons. The Labute approximate surface area is 205 Å². The van der Waals surface area contributed by atoms with Gasteiger partial charge in [0.05, 0.1) is 16.3 Å². The van der Waals surface area contributed by atoms with Gasteiger partial charge in [-0.3, -0.25) is 14.9 Å². The number of carbonyl (C=O) groups is 2. The summed E-state index contributed by atoms with van der Waals surface area (Å²) in [7, 11) is 0. The fraction of sp³-hybridized carbons (Fsp3) is 0.192. The molecule has 0 radical (unpaired) electrons. The second-order valence-electron chi connectivity index (χ2n) is 8.34. The average molecular weight is 490 g/mol. The zero-order chi connectivity index (χ0) is 24.5. The summed E-state index contributed by atoms with van der Waals surface area (Å²) in [4.78, 5) is 31.0. The Balaban J connectivity index is 1.25. The molecule has 1 aliphatic heterocycles. The number of imide groups is 1. The van der Waals surface area contributed by atoms with E-state index in [4.69, 9.17) is 9.47 Å². The highest BCUT2D eigenvalue weighted by molar-refractivity contribution is 8.15. The molecule has 5 rings (SSSR count). The van der Waals surface area contributed by atoms with Gasteiger partial charge in [-0.05, 0) is 73.9 Å². The van der Waals surface area contributed by atoms with Crippen molar-refractivity contribution in [2.45, 2.75) is 31.6 Å². The lowest BCUT2D eigenvalue weighted by Gasteiger charge is -2.13. The molecule has 2 atom stereocenters. The number of ether oxygens (including phenoxy) is 2. The minimum Gasteiger partial charge on any atom is -0.508 e. The molecule has 35 heavy (non-hydrogen) atoms. The normalized spacial score (nSPS) is 16.3. The number of aryl methyl sites for hydroxylation is 1. The Kier molecular flexibility index (Phi) is 6.08. The van der Waals surface area contributed by atoms with E-state index in [1.54, 1.807) is 18.2 Å². The zero-order valence-corrected chi connectivity index (χ0v) is 19.9. The van der Waals surface area contributed by atoms with Crippen molar-refractivity contribution in [3.05, 3.63) is 77.6 Å². The molecule has 2 heterocycles. The van der Waals surface area contributed by atoms with Crippen molar-refractivity contribution in [3.8, 4) is 23.0 Å². The van der Waals surface area contributed by atoms with Crippen LogP contribution in [0.4, 0.5) is 4.79 Å². The SMILES string of the molecule is Cc1cc(O)ccc1Oc1ccc2nc(C(C)Oc3ccc(CC4SC(=O)NC4=O)cc3)[nH]c2c1. The number of aromatic nitrogens is 2. The Morgan fingerprint density at radius 3 is 2.54 bits per heavy atom. The lowest BCUT2D eigenvalue weighted by molar-refractivity contribution is -0.118. The van der Waals surface area contributed by atoms with Crippen molar-refractivity contribution < 1.29 is 24.2 Å². The molecule has 1 saturated heterocycles. The number of carbonyl (C=O) groups excluding carboxylic acids is 2. The summed E-state index contributed by atoms with van der Waals surface area (Å²) in [6.07, 6.45) is 0.154. The number of nitrogens with one attached hydrogen (secondary N) is 2. The van der Waals surface area contributed by atoms with Gasteiger partial charge in [0.2, 0.25) is 5.91 Å². The molecule has 1 fully saturated rings. The van der Waals surface area contributed by atoms with Gasteiger partial charge >= 0.3 is 0 Å². The first-order chi connectivity index (χ1) is 16.8. The first-order valence-corrected chi connectivity index (χ1v) is 12.0. The van der Waals surface area contributed by atoms with Gasteiger partial charge in [0.25, 0.3) is 5.24 Å². The molecule has 0 saturated carbocycles. The van der Waals surface area contributed by atoms with Gasteiger partial charge in [-0.15, -0.1) is 0 Å². The van der Waals surface area contributed by atoms with Crippen LogP contribution >= 0.6 is 11.8 Å². The van der Waals surface area contributed by atoms with E-state index in [1.165, 1.54) is 0 Å². The standard InChI is InChI=1S/C26H23N3O5S/c1-14-11-17(30)5-10-22(14)34-19-8-9-20-21(13-19)28-24(27-20)15(2)33-18-6-3-16(4-7-18)12-23-25(31)29-26(32)35-23/h3-11,13,15,23,30H,12H2,1-2H3,(H,27,28)(H,29,31,32). The van der Waals surface area contributed by atoms with Crippen LogP contribution in [0.1, 0.15) is 30.0 Å². The Hall–Kier alpha value is -3.98. The van der Waals surface area contributed by atoms with Crippen molar-refractivity contribution in [2.75, 3.05) is 0 Å². The van der Waals surface area contributed by atoms with Crippen LogP contribution in [0.2, 0.25) is 0 Å². The highest BCUT2D eigenvalue weighted by atomic mass is 32.2. The third-order valence-electron chi connectivity index (χ3n) is 5.67. The molecule has 1 aromatic heterocycles. The smallest absolute Gasteiger partial charge is 0.286 e. The minimum atomic E-state index is -0.393. The number of benzene rings is 3. The summed E-state index contributed by atoms with van der Waals surface area (Å²) >= 11 is 1.02. The number of rotatable bonds is 7. The van der Waals surface area contributed by atoms with E-state index in [-0.39, 0.29) is 23.0 Å². The number of fused-ring (bicyclic) bond motifs is 1. The predicted octanol–water partition coefficient (Wildman–Crippen LogP) is 5.40.